The fourth-order valence-electron chi connectivity index (χ4n) is 1.75. The van der Waals surface area contributed by atoms with Gasteiger partial charge in [-0.3, -0.25) is 9.78 Å². The summed E-state index contributed by atoms with van der Waals surface area (Å²) in [7, 11) is 1.88. The van der Waals surface area contributed by atoms with E-state index in [0.717, 1.165) is 11.4 Å². The first-order valence-electron chi connectivity index (χ1n) is 5.32. The molecule has 0 amide bonds. The van der Waals surface area contributed by atoms with E-state index in [1.54, 1.807) is 27.8 Å². The minimum atomic E-state index is 0.657. The number of aromatic nitrogens is 6. The van der Waals surface area contributed by atoms with E-state index in [-0.39, 0.29) is 0 Å². The first-order valence-corrected chi connectivity index (χ1v) is 5.73. The summed E-state index contributed by atoms with van der Waals surface area (Å²) in [5, 5.41) is 7.33. The monoisotopic (exact) mass is 258 g/mol. The summed E-state index contributed by atoms with van der Waals surface area (Å²) < 4.78 is 4.18. The number of rotatable bonds is 2. The Balaban J connectivity index is 2.13. The highest BCUT2D eigenvalue weighted by atomic mass is 32.1. The number of nitrogens with one attached hydrogen (secondary N) is 1. The number of nitrogens with zero attached hydrogens (tertiary/aromatic N) is 5. The maximum Gasteiger partial charge on any atom is 0.156 e. The summed E-state index contributed by atoms with van der Waals surface area (Å²) in [5.74, 6) is 0.711. The van der Waals surface area contributed by atoms with Crippen LogP contribution in [0.25, 0.3) is 17.2 Å². The largest absolute Gasteiger partial charge is 0.289 e. The molecule has 0 bridgehead atoms. The average Bonchev–Trinajstić information content (AvgIpc) is 2.96. The van der Waals surface area contributed by atoms with Crippen molar-refractivity contribution in [2.75, 3.05) is 0 Å². The second kappa shape index (κ2) is 4.19. The van der Waals surface area contributed by atoms with Crippen LogP contribution >= 0.6 is 12.2 Å². The summed E-state index contributed by atoms with van der Waals surface area (Å²) in [6.07, 6.45) is 4.91. The zero-order chi connectivity index (χ0) is 12.5. The molecule has 0 saturated carbocycles. The highest BCUT2D eigenvalue weighted by molar-refractivity contribution is 7.71. The molecule has 0 fully saturated rings. The summed E-state index contributed by atoms with van der Waals surface area (Å²) in [6.45, 7) is 0. The SMILES string of the molecule is Cn1nccc1-c1cc(=S)n(-c2ccncn2)[nH]1. The Kier molecular flexibility index (Phi) is 2.52. The summed E-state index contributed by atoms with van der Waals surface area (Å²) >= 11 is 5.31. The highest BCUT2D eigenvalue weighted by Gasteiger charge is 2.08. The van der Waals surface area contributed by atoms with E-state index < -0.39 is 0 Å². The van der Waals surface area contributed by atoms with Gasteiger partial charge in [-0.15, -0.1) is 0 Å². The van der Waals surface area contributed by atoms with Gasteiger partial charge in [0.05, 0.1) is 11.4 Å². The molecule has 0 radical (unpaired) electrons. The smallest absolute Gasteiger partial charge is 0.156 e. The van der Waals surface area contributed by atoms with Gasteiger partial charge in [-0.05, 0) is 6.07 Å². The topological polar surface area (TPSA) is 64.3 Å². The van der Waals surface area contributed by atoms with Crippen molar-refractivity contribution in [1.29, 1.82) is 0 Å². The van der Waals surface area contributed by atoms with Gasteiger partial charge in [-0.2, -0.15) is 5.10 Å². The molecule has 3 aromatic rings. The first kappa shape index (κ1) is 10.8. The minimum Gasteiger partial charge on any atom is -0.289 e. The van der Waals surface area contributed by atoms with E-state index in [1.807, 2.05) is 19.2 Å². The average molecular weight is 258 g/mol. The second-order valence-corrected chi connectivity index (χ2v) is 4.17. The van der Waals surface area contributed by atoms with E-state index >= 15 is 0 Å². The summed E-state index contributed by atoms with van der Waals surface area (Å²) in [5.41, 5.74) is 1.87. The predicted octanol–water partition coefficient (Wildman–Crippen LogP) is 1.73. The van der Waals surface area contributed by atoms with Gasteiger partial charge < -0.3 is 0 Å². The molecule has 90 valence electrons. The molecule has 1 N–H and O–H groups in total. The van der Waals surface area contributed by atoms with Gasteiger partial charge in [0.1, 0.15) is 11.0 Å². The van der Waals surface area contributed by atoms with Crippen molar-refractivity contribution in [3.63, 3.8) is 0 Å². The molecule has 0 atom stereocenters. The van der Waals surface area contributed by atoms with Crippen LogP contribution in [0, 0.1) is 4.64 Å². The predicted molar refractivity (Wildman–Crippen MR) is 68.7 cm³/mol. The van der Waals surface area contributed by atoms with Crippen molar-refractivity contribution in [1.82, 2.24) is 29.5 Å². The van der Waals surface area contributed by atoms with Crippen LogP contribution in [0.2, 0.25) is 0 Å². The van der Waals surface area contributed by atoms with E-state index in [4.69, 9.17) is 12.2 Å². The lowest BCUT2D eigenvalue weighted by Crippen LogP contribution is -2.00. The van der Waals surface area contributed by atoms with E-state index in [9.17, 15) is 0 Å². The van der Waals surface area contributed by atoms with Crippen LogP contribution in [0.4, 0.5) is 0 Å². The van der Waals surface area contributed by atoms with Crippen LogP contribution in [0.5, 0.6) is 0 Å². The molecule has 3 rings (SSSR count). The van der Waals surface area contributed by atoms with Crippen molar-refractivity contribution < 1.29 is 0 Å². The van der Waals surface area contributed by atoms with Crippen LogP contribution in [-0.2, 0) is 7.05 Å². The molecule has 0 aliphatic rings. The van der Waals surface area contributed by atoms with Gasteiger partial charge in [0.25, 0.3) is 0 Å². The lowest BCUT2D eigenvalue weighted by molar-refractivity contribution is 0.766. The molecule has 0 aliphatic carbocycles. The molecule has 0 unspecified atom stereocenters. The number of hydrogen-bond acceptors (Lipinski definition) is 4. The van der Waals surface area contributed by atoms with Crippen molar-refractivity contribution in [2.45, 2.75) is 0 Å². The zero-order valence-corrected chi connectivity index (χ0v) is 10.4. The molecule has 0 saturated heterocycles. The zero-order valence-electron chi connectivity index (χ0n) is 9.61. The summed E-state index contributed by atoms with van der Waals surface area (Å²) in [6, 6.07) is 5.60. The summed E-state index contributed by atoms with van der Waals surface area (Å²) in [4.78, 5) is 8.04. The third kappa shape index (κ3) is 1.74. The minimum absolute atomic E-state index is 0.657. The van der Waals surface area contributed by atoms with Gasteiger partial charge in [0.15, 0.2) is 5.82 Å². The van der Waals surface area contributed by atoms with Crippen molar-refractivity contribution in [3.05, 3.63) is 41.6 Å². The Bertz CT molecular complexity index is 723. The Morgan fingerprint density at radius 1 is 1.28 bits per heavy atom. The molecular formula is C11H10N6S. The molecule has 3 heterocycles. The lowest BCUT2D eigenvalue weighted by atomic mass is 10.3. The quantitative estimate of drug-likeness (QED) is 0.711. The molecule has 0 aliphatic heterocycles. The maximum absolute atomic E-state index is 5.31. The molecule has 6 nitrogen and oxygen atoms in total. The first-order chi connectivity index (χ1) is 8.75. The third-order valence-electron chi connectivity index (χ3n) is 2.61. The van der Waals surface area contributed by atoms with E-state index in [0.29, 0.717) is 10.5 Å². The Labute approximate surface area is 108 Å². The van der Waals surface area contributed by atoms with Gasteiger partial charge in [-0.1, -0.05) is 12.2 Å². The molecule has 3 aromatic heterocycles. The van der Waals surface area contributed by atoms with E-state index in [2.05, 4.69) is 20.2 Å². The highest BCUT2D eigenvalue weighted by Crippen LogP contribution is 2.17. The van der Waals surface area contributed by atoms with Crippen LogP contribution in [-0.4, -0.2) is 29.5 Å². The second-order valence-electron chi connectivity index (χ2n) is 3.75. The molecular weight excluding hydrogens is 248 g/mol. The molecule has 0 aromatic carbocycles. The Morgan fingerprint density at radius 3 is 2.83 bits per heavy atom. The van der Waals surface area contributed by atoms with E-state index in [1.165, 1.54) is 6.33 Å². The molecule has 0 spiro atoms. The third-order valence-corrected chi connectivity index (χ3v) is 2.91. The van der Waals surface area contributed by atoms with Crippen molar-refractivity contribution >= 4 is 12.2 Å². The van der Waals surface area contributed by atoms with Gasteiger partial charge >= 0.3 is 0 Å². The van der Waals surface area contributed by atoms with Crippen LogP contribution in [0.15, 0.2) is 36.9 Å². The number of hydrogen-bond donors (Lipinski definition) is 1. The van der Waals surface area contributed by atoms with Crippen LogP contribution < -0.4 is 0 Å². The van der Waals surface area contributed by atoms with Gasteiger partial charge in [0, 0.05) is 31.6 Å². The van der Waals surface area contributed by atoms with Gasteiger partial charge in [-0.25, -0.2) is 14.6 Å². The Hall–Kier alpha value is -2.28. The molecule has 18 heavy (non-hydrogen) atoms. The molecule has 7 heteroatoms. The maximum atomic E-state index is 5.31. The van der Waals surface area contributed by atoms with Gasteiger partial charge in [0.2, 0.25) is 0 Å². The standard InChI is InChI=1S/C11H10N6S/c1-16-9(2-5-14-16)8-6-11(18)17(15-8)10-3-4-12-7-13-10/h2-7,15H,1H3. The fourth-order valence-corrected chi connectivity index (χ4v) is 2.01. The van der Waals surface area contributed by atoms with Crippen molar-refractivity contribution in [2.24, 2.45) is 7.05 Å². The van der Waals surface area contributed by atoms with Crippen LogP contribution in [0.3, 0.4) is 0 Å². The number of aryl methyl sites for hydroxylation is 1. The number of H-pyrrole nitrogens is 1. The van der Waals surface area contributed by atoms with Crippen LogP contribution in [0.1, 0.15) is 0 Å². The van der Waals surface area contributed by atoms with Crippen molar-refractivity contribution in [3.8, 4) is 17.2 Å². The lowest BCUT2D eigenvalue weighted by Gasteiger charge is -2.01. The Morgan fingerprint density at radius 2 is 2.17 bits per heavy atom. The normalized spacial score (nSPS) is 10.7. The number of aromatic amines is 1. The fraction of sp³-hybridized carbons (Fsp3) is 0.0909.